The number of halogens is 4. The Morgan fingerprint density at radius 3 is 2.48 bits per heavy atom. The van der Waals surface area contributed by atoms with Crippen molar-refractivity contribution in [3.05, 3.63) is 70.5 Å². The average Bonchev–Trinajstić information content (AvgIpc) is 2.64. The van der Waals surface area contributed by atoms with Crippen molar-refractivity contribution in [2.24, 2.45) is 0 Å². The third-order valence-corrected chi connectivity index (χ3v) is 6.68. The molecule has 0 bridgehead atoms. The molecule has 2 aromatic rings. The average molecular weight is 441 g/mol. The highest BCUT2D eigenvalue weighted by Crippen LogP contribution is 2.39. The maximum Gasteiger partial charge on any atom is 0.255 e. The second-order valence-electron chi connectivity index (χ2n) is 7.16. The minimum Gasteiger partial charge on any atom is -0.322 e. The van der Waals surface area contributed by atoms with Gasteiger partial charge in [0.25, 0.3) is 5.91 Å². The van der Waals surface area contributed by atoms with E-state index < -0.39 is 23.4 Å². The molecule has 1 saturated heterocycles. The zero-order valence-electron chi connectivity index (χ0n) is 15.9. The van der Waals surface area contributed by atoms with Crippen molar-refractivity contribution < 1.29 is 18.0 Å². The summed E-state index contributed by atoms with van der Waals surface area (Å²) >= 11 is 7.89. The van der Waals surface area contributed by atoms with E-state index in [9.17, 15) is 18.0 Å². The van der Waals surface area contributed by atoms with Crippen LogP contribution in [0.1, 0.15) is 30.6 Å². The highest BCUT2D eigenvalue weighted by atomic mass is 35.5. The van der Waals surface area contributed by atoms with Gasteiger partial charge in [0.1, 0.15) is 0 Å². The molecule has 0 spiro atoms. The van der Waals surface area contributed by atoms with E-state index in [2.05, 4.69) is 24.1 Å². The predicted molar refractivity (Wildman–Crippen MR) is 111 cm³/mol. The summed E-state index contributed by atoms with van der Waals surface area (Å²) in [7, 11) is 0. The summed E-state index contributed by atoms with van der Waals surface area (Å²) in [5, 5.41) is 6.60. The Morgan fingerprint density at radius 2 is 1.90 bits per heavy atom. The van der Waals surface area contributed by atoms with E-state index in [1.807, 2.05) is 6.92 Å². The molecule has 8 heteroatoms. The molecule has 0 saturated carbocycles. The lowest BCUT2D eigenvalue weighted by molar-refractivity contribution is 0.102. The van der Waals surface area contributed by atoms with Crippen LogP contribution in [0, 0.1) is 17.5 Å². The number of rotatable bonds is 6. The van der Waals surface area contributed by atoms with Crippen LogP contribution < -0.4 is 10.6 Å². The fraction of sp³-hybridized carbons (Fsp3) is 0.286. The Bertz CT molecular complexity index is 946. The maximum absolute atomic E-state index is 13.4. The van der Waals surface area contributed by atoms with Gasteiger partial charge in [0.15, 0.2) is 17.5 Å². The highest BCUT2D eigenvalue weighted by molar-refractivity contribution is 8.00. The lowest BCUT2D eigenvalue weighted by Crippen LogP contribution is -2.62. The molecular formula is C21H20ClF3N2OS. The summed E-state index contributed by atoms with van der Waals surface area (Å²) in [4.78, 5) is 13.2. The third-order valence-electron chi connectivity index (χ3n) is 4.63. The van der Waals surface area contributed by atoms with Crippen LogP contribution in [0.2, 0.25) is 5.02 Å². The van der Waals surface area contributed by atoms with E-state index >= 15 is 0 Å². The first-order chi connectivity index (χ1) is 13.7. The van der Waals surface area contributed by atoms with Crippen LogP contribution in [0.5, 0.6) is 0 Å². The number of carbonyl (C=O) groups excluding carboxylic acids is 1. The summed E-state index contributed by atoms with van der Waals surface area (Å²) in [6.07, 6.45) is 0.849. The van der Waals surface area contributed by atoms with Crippen molar-refractivity contribution in [1.29, 1.82) is 0 Å². The van der Waals surface area contributed by atoms with E-state index in [0.717, 1.165) is 29.0 Å². The number of nitrogens with one attached hydrogen (secondary N) is 2. The van der Waals surface area contributed by atoms with Crippen molar-refractivity contribution in [3.8, 4) is 0 Å². The normalized spacial score (nSPS) is 20.8. The van der Waals surface area contributed by atoms with Gasteiger partial charge in [-0.1, -0.05) is 17.2 Å². The fourth-order valence-electron chi connectivity index (χ4n) is 3.20. The predicted octanol–water partition coefficient (Wildman–Crippen LogP) is 5.80. The Balaban J connectivity index is 1.76. The molecule has 0 radical (unpaired) electrons. The van der Waals surface area contributed by atoms with Crippen LogP contribution in [0.3, 0.4) is 0 Å². The molecule has 1 aliphatic heterocycles. The number of anilines is 1. The van der Waals surface area contributed by atoms with E-state index in [1.165, 1.54) is 6.07 Å². The van der Waals surface area contributed by atoms with Gasteiger partial charge in [0.05, 0.1) is 5.02 Å². The lowest BCUT2D eigenvalue weighted by Gasteiger charge is -2.44. The van der Waals surface area contributed by atoms with Gasteiger partial charge in [-0.3, -0.25) is 4.79 Å². The van der Waals surface area contributed by atoms with E-state index in [4.69, 9.17) is 11.6 Å². The van der Waals surface area contributed by atoms with Crippen LogP contribution in [0.15, 0.2) is 47.4 Å². The second kappa shape index (κ2) is 8.81. The number of hydrogen-bond acceptors (Lipinski definition) is 3. The van der Waals surface area contributed by atoms with Gasteiger partial charge < -0.3 is 10.6 Å². The van der Waals surface area contributed by atoms with Crippen LogP contribution in [-0.2, 0) is 0 Å². The zero-order chi connectivity index (χ0) is 21.3. The van der Waals surface area contributed by atoms with Gasteiger partial charge in [0.2, 0.25) is 0 Å². The number of thioether (sulfide) groups is 1. The van der Waals surface area contributed by atoms with Gasteiger partial charge in [-0.15, -0.1) is 18.3 Å². The first-order valence-corrected chi connectivity index (χ1v) is 10.2. The molecule has 3 atom stereocenters. The standard InChI is InChI=1S/C21H20ClF3N2OS/c1-10(2)6-17-20(11(3)26-17)29-18-7-12(4-5-14(18)22)21(28)27-13-8-15(23)19(25)16(24)9-13/h4-5,7-9,11,17,20,26H,1,6H2,2-3H3,(H,27,28). The molecule has 3 nitrogen and oxygen atoms in total. The summed E-state index contributed by atoms with van der Waals surface area (Å²) < 4.78 is 39.8. The van der Waals surface area contributed by atoms with E-state index in [0.29, 0.717) is 5.02 Å². The van der Waals surface area contributed by atoms with Gasteiger partial charge in [-0.25, -0.2) is 13.2 Å². The van der Waals surface area contributed by atoms with E-state index in [1.54, 1.807) is 23.9 Å². The van der Waals surface area contributed by atoms with Crippen molar-refractivity contribution >= 4 is 35.0 Å². The molecule has 29 heavy (non-hydrogen) atoms. The minimum absolute atomic E-state index is 0.172. The number of hydrogen-bond donors (Lipinski definition) is 2. The van der Waals surface area contributed by atoms with Crippen molar-refractivity contribution in [3.63, 3.8) is 0 Å². The van der Waals surface area contributed by atoms with Gasteiger partial charge in [-0.05, 0) is 38.5 Å². The molecule has 1 heterocycles. The first kappa shape index (κ1) is 21.7. The van der Waals surface area contributed by atoms with Crippen LogP contribution >= 0.6 is 23.4 Å². The number of carbonyl (C=O) groups is 1. The topological polar surface area (TPSA) is 41.1 Å². The Hall–Kier alpha value is -1.96. The van der Waals surface area contributed by atoms with Gasteiger partial charge in [0, 0.05) is 45.6 Å². The molecule has 154 valence electrons. The summed E-state index contributed by atoms with van der Waals surface area (Å²) in [6, 6.07) is 6.77. The SMILES string of the molecule is C=C(C)CC1NC(C)C1Sc1cc(C(=O)Nc2cc(F)c(F)c(F)c2)ccc1Cl. The quantitative estimate of drug-likeness (QED) is 0.441. The van der Waals surface area contributed by atoms with Crippen molar-refractivity contribution in [2.45, 2.75) is 42.5 Å². The van der Waals surface area contributed by atoms with Crippen molar-refractivity contribution in [2.75, 3.05) is 5.32 Å². The number of amides is 1. The molecule has 0 aromatic heterocycles. The smallest absolute Gasteiger partial charge is 0.255 e. The molecule has 2 aromatic carbocycles. The molecule has 0 aliphatic carbocycles. The lowest BCUT2D eigenvalue weighted by atomic mass is 9.92. The molecule has 1 fully saturated rings. The zero-order valence-corrected chi connectivity index (χ0v) is 17.4. The number of benzene rings is 2. The maximum atomic E-state index is 13.4. The van der Waals surface area contributed by atoms with Crippen LogP contribution in [0.4, 0.5) is 18.9 Å². The molecule has 1 aliphatic rings. The molecule has 3 rings (SSSR count). The van der Waals surface area contributed by atoms with Gasteiger partial charge >= 0.3 is 0 Å². The second-order valence-corrected chi connectivity index (χ2v) is 8.79. The fourth-order valence-corrected chi connectivity index (χ4v) is 4.75. The van der Waals surface area contributed by atoms with E-state index in [-0.39, 0.29) is 28.6 Å². The minimum atomic E-state index is -1.58. The van der Waals surface area contributed by atoms with Crippen LogP contribution in [0.25, 0.3) is 0 Å². The third kappa shape index (κ3) is 4.97. The van der Waals surface area contributed by atoms with Crippen molar-refractivity contribution in [1.82, 2.24) is 5.32 Å². The molecular weight excluding hydrogens is 421 g/mol. The monoisotopic (exact) mass is 440 g/mol. The Labute approximate surface area is 176 Å². The highest BCUT2D eigenvalue weighted by Gasteiger charge is 2.38. The Kier molecular flexibility index (Phi) is 6.61. The summed E-state index contributed by atoms with van der Waals surface area (Å²) in [6.45, 7) is 8.01. The Morgan fingerprint density at radius 1 is 1.24 bits per heavy atom. The largest absolute Gasteiger partial charge is 0.322 e. The van der Waals surface area contributed by atoms with Gasteiger partial charge in [-0.2, -0.15) is 0 Å². The van der Waals surface area contributed by atoms with Crippen LogP contribution in [-0.4, -0.2) is 23.2 Å². The summed E-state index contributed by atoms with van der Waals surface area (Å²) in [5.41, 5.74) is 1.19. The summed E-state index contributed by atoms with van der Waals surface area (Å²) in [5.74, 6) is -4.90. The first-order valence-electron chi connectivity index (χ1n) is 8.98. The molecule has 1 amide bonds. The molecule has 3 unspecified atom stereocenters. The molecule has 2 N–H and O–H groups in total.